The monoisotopic (exact) mass is 403 g/mol. The average molecular weight is 403 g/mol. The van der Waals surface area contributed by atoms with Crippen molar-refractivity contribution in [1.82, 2.24) is 14.7 Å². The van der Waals surface area contributed by atoms with E-state index in [0.29, 0.717) is 44.3 Å². The van der Waals surface area contributed by atoms with Crippen LogP contribution in [0.5, 0.6) is 0 Å². The number of aromatic nitrogens is 2. The van der Waals surface area contributed by atoms with E-state index in [1.165, 1.54) is 0 Å². The SMILES string of the molecule is Cn1ncc2cccc(-c3ccc(C(=O)N4CCC(C(=O)C5(O)CC5)CC4)cc3)c21. The van der Waals surface area contributed by atoms with Crippen molar-refractivity contribution >= 4 is 22.6 Å². The number of aliphatic hydroxyl groups is 1. The third kappa shape index (κ3) is 3.21. The molecule has 1 aliphatic heterocycles. The van der Waals surface area contributed by atoms with Crippen molar-refractivity contribution in [2.75, 3.05) is 13.1 Å². The van der Waals surface area contributed by atoms with E-state index in [2.05, 4.69) is 11.2 Å². The van der Waals surface area contributed by atoms with E-state index < -0.39 is 5.60 Å². The fraction of sp³-hybridized carbons (Fsp3) is 0.375. The van der Waals surface area contributed by atoms with E-state index in [4.69, 9.17) is 0 Å². The molecule has 1 N–H and O–H groups in total. The number of benzene rings is 2. The van der Waals surface area contributed by atoms with Gasteiger partial charge in [-0.25, -0.2) is 0 Å². The van der Waals surface area contributed by atoms with Crippen LogP contribution < -0.4 is 0 Å². The second-order valence-electron chi connectivity index (χ2n) is 8.55. The number of Topliss-reactive ketones (excluding diaryl/α,β-unsaturated/α-hetero) is 1. The largest absolute Gasteiger partial charge is 0.382 e. The molecule has 3 aromatic rings. The summed E-state index contributed by atoms with van der Waals surface area (Å²) in [5.41, 5.74) is 2.79. The fourth-order valence-electron chi connectivity index (χ4n) is 4.53. The Morgan fingerprint density at radius 2 is 1.77 bits per heavy atom. The Morgan fingerprint density at radius 1 is 1.07 bits per heavy atom. The van der Waals surface area contributed by atoms with Crippen LogP contribution in [0.2, 0.25) is 0 Å². The highest BCUT2D eigenvalue weighted by Gasteiger charge is 2.50. The molecule has 5 rings (SSSR count). The first-order chi connectivity index (χ1) is 14.5. The Hall–Kier alpha value is -2.99. The lowest BCUT2D eigenvalue weighted by molar-refractivity contribution is -0.134. The number of rotatable bonds is 4. The van der Waals surface area contributed by atoms with Gasteiger partial charge in [-0.2, -0.15) is 5.10 Å². The molecule has 2 aromatic carbocycles. The van der Waals surface area contributed by atoms with Crippen LogP contribution in [0.4, 0.5) is 0 Å². The van der Waals surface area contributed by atoms with E-state index in [0.717, 1.165) is 22.0 Å². The van der Waals surface area contributed by atoms with Gasteiger partial charge in [0.2, 0.25) is 0 Å². The number of aryl methyl sites for hydroxylation is 1. The molecule has 1 aliphatic carbocycles. The normalized spacial score (nSPS) is 18.5. The molecule has 0 atom stereocenters. The molecule has 2 fully saturated rings. The zero-order valence-corrected chi connectivity index (χ0v) is 17.0. The predicted molar refractivity (Wildman–Crippen MR) is 114 cm³/mol. The standard InChI is InChI=1S/C24H25N3O3/c1-26-21-19(15-25-26)3-2-4-20(21)16-5-7-18(8-6-16)23(29)27-13-9-17(10-14-27)22(28)24(30)11-12-24/h2-8,15,17,30H,9-14H2,1H3. The number of para-hydroxylation sites is 1. The van der Waals surface area contributed by atoms with Gasteiger partial charge in [-0.1, -0.05) is 30.3 Å². The molecule has 2 heterocycles. The third-order valence-electron chi connectivity index (χ3n) is 6.54. The van der Waals surface area contributed by atoms with Crippen LogP contribution in [-0.2, 0) is 11.8 Å². The molecular formula is C24H25N3O3. The number of carbonyl (C=O) groups excluding carboxylic acids is 2. The van der Waals surface area contributed by atoms with Gasteiger partial charge in [0.1, 0.15) is 5.60 Å². The average Bonchev–Trinajstić information content (AvgIpc) is 3.43. The van der Waals surface area contributed by atoms with Gasteiger partial charge in [-0.05, 0) is 43.4 Å². The summed E-state index contributed by atoms with van der Waals surface area (Å²) in [7, 11) is 1.93. The van der Waals surface area contributed by atoms with Gasteiger partial charge in [0.15, 0.2) is 5.78 Å². The number of carbonyl (C=O) groups is 2. The van der Waals surface area contributed by atoms with E-state index in [-0.39, 0.29) is 17.6 Å². The molecule has 6 nitrogen and oxygen atoms in total. The van der Waals surface area contributed by atoms with Gasteiger partial charge in [-0.15, -0.1) is 0 Å². The lowest BCUT2D eigenvalue weighted by atomic mass is 9.88. The van der Waals surface area contributed by atoms with Crippen molar-refractivity contribution in [2.24, 2.45) is 13.0 Å². The van der Waals surface area contributed by atoms with Crippen molar-refractivity contribution in [1.29, 1.82) is 0 Å². The van der Waals surface area contributed by atoms with E-state index >= 15 is 0 Å². The van der Waals surface area contributed by atoms with Gasteiger partial charge >= 0.3 is 0 Å². The Morgan fingerprint density at radius 3 is 2.43 bits per heavy atom. The lowest BCUT2D eigenvalue weighted by Gasteiger charge is -2.32. The summed E-state index contributed by atoms with van der Waals surface area (Å²) in [5, 5.41) is 15.5. The smallest absolute Gasteiger partial charge is 0.253 e. The highest BCUT2D eigenvalue weighted by Crippen LogP contribution is 2.40. The number of ketones is 1. The van der Waals surface area contributed by atoms with Crippen molar-refractivity contribution in [2.45, 2.75) is 31.3 Å². The van der Waals surface area contributed by atoms with Crippen LogP contribution in [0.15, 0.2) is 48.7 Å². The number of likely N-dealkylation sites (tertiary alicyclic amines) is 1. The highest BCUT2D eigenvalue weighted by molar-refractivity contribution is 5.97. The molecule has 0 unspecified atom stereocenters. The highest BCUT2D eigenvalue weighted by atomic mass is 16.3. The van der Waals surface area contributed by atoms with Crippen LogP contribution in [0.1, 0.15) is 36.0 Å². The second kappa shape index (κ2) is 7.06. The quantitative estimate of drug-likeness (QED) is 0.726. The molecule has 154 valence electrons. The summed E-state index contributed by atoms with van der Waals surface area (Å²) in [6, 6.07) is 13.8. The van der Waals surface area contributed by atoms with E-state index in [1.54, 1.807) is 0 Å². The molecular weight excluding hydrogens is 378 g/mol. The molecule has 1 aromatic heterocycles. The first-order valence-electron chi connectivity index (χ1n) is 10.5. The topological polar surface area (TPSA) is 75.4 Å². The maximum Gasteiger partial charge on any atom is 0.253 e. The third-order valence-corrected chi connectivity index (χ3v) is 6.54. The minimum atomic E-state index is -1.07. The fourth-order valence-corrected chi connectivity index (χ4v) is 4.53. The predicted octanol–water partition coefficient (Wildman–Crippen LogP) is 3.19. The molecule has 0 radical (unpaired) electrons. The molecule has 1 saturated heterocycles. The number of fused-ring (bicyclic) bond motifs is 1. The van der Waals surface area contributed by atoms with Crippen LogP contribution in [0.25, 0.3) is 22.0 Å². The number of hydrogen-bond acceptors (Lipinski definition) is 4. The van der Waals surface area contributed by atoms with Gasteiger partial charge < -0.3 is 10.0 Å². The lowest BCUT2D eigenvalue weighted by Crippen LogP contribution is -2.42. The molecule has 30 heavy (non-hydrogen) atoms. The second-order valence-corrected chi connectivity index (χ2v) is 8.55. The van der Waals surface area contributed by atoms with Crippen molar-refractivity contribution in [3.63, 3.8) is 0 Å². The van der Waals surface area contributed by atoms with Crippen molar-refractivity contribution < 1.29 is 14.7 Å². The van der Waals surface area contributed by atoms with Crippen LogP contribution in [0, 0.1) is 5.92 Å². The van der Waals surface area contributed by atoms with Gasteiger partial charge in [0, 0.05) is 42.6 Å². The zero-order valence-electron chi connectivity index (χ0n) is 17.0. The first-order valence-corrected chi connectivity index (χ1v) is 10.5. The Balaban J connectivity index is 1.29. The van der Waals surface area contributed by atoms with Gasteiger partial charge in [0.25, 0.3) is 5.91 Å². The summed E-state index contributed by atoms with van der Waals surface area (Å²) in [4.78, 5) is 27.1. The summed E-state index contributed by atoms with van der Waals surface area (Å²) in [6.45, 7) is 1.11. The molecule has 0 bridgehead atoms. The van der Waals surface area contributed by atoms with Gasteiger partial charge in [0.05, 0.1) is 11.7 Å². The number of piperidine rings is 1. The number of hydrogen-bond donors (Lipinski definition) is 1. The Kier molecular flexibility index (Phi) is 4.47. The summed E-state index contributed by atoms with van der Waals surface area (Å²) in [6.07, 6.45) is 4.29. The maximum atomic E-state index is 12.9. The molecule has 1 saturated carbocycles. The molecule has 1 amide bonds. The first kappa shape index (κ1) is 19.0. The van der Waals surface area contributed by atoms with Crippen molar-refractivity contribution in [3.8, 4) is 11.1 Å². The van der Waals surface area contributed by atoms with Gasteiger partial charge in [-0.3, -0.25) is 14.3 Å². The van der Waals surface area contributed by atoms with E-state index in [1.807, 2.05) is 59.2 Å². The molecule has 0 spiro atoms. The number of nitrogens with zero attached hydrogens (tertiary/aromatic N) is 3. The summed E-state index contributed by atoms with van der Waals surface area (Å²) in [5.74, 6) is -0.150. The molecule has 2 aliphatic rings. The van der Waals surface area contributed by atoms with E-state index in [9.17, 15) is 14.7 Å². The summed E-state index contributed by atoms with van der Waals surface area (Å²) >= 11 is 0. The molecule has 6 heteroatoms. The Labute approximate surface area is 175 Å². The summed E-state index contributed by atoms with van der Waals surface area (Å²) < 4.78 is 1.87. The minimum Gasteiger partial charge on any atom is -0.382 e. The zero-order chi connectivity index (χ0) is 20.9. The maximum absolute atomic E-state index is 12.9. The van der Waals surface area contributed by atoms with Crippen molar-refractivity contribution in [3.05, 3.63) is 54.2 Å². The minimum absolute atomic E-state index is 0.00340. The van der Waals surface area contributed by atoms with Crippen LogP contribution in [0.3, 0.4) is 0 Å². The Bertz CT molecular complexity index is 1120. The number of amides is 1. The van der Waals surface area contributed by atoms with Crippen LogP contribution >= 0.6 is 0 Å². The van der Waals surface area contributed by atoms with Crippen LogP contribution in [-0.4, -0.2) is 50.2 Å².